The highest BCUT2D eigenvalue weighted by Gasteiger charge is 2.16. The van der Waals surface area contributed by atoms with Crippen LogP contribution in [0.5, 0.6) is 0 Å². The van der Waals surface area contributed by atoms with Crippen LogP contribution in [0.15, 0.2) is 18.2 Å². The molecule has 1 aromatic heterocycles. The summed E-state index contributed by atoms with van der Waals surface area (Å²) in [5.41, 5.74) is -0.156. The lowest BCUT2D eigenvalue weighted by molar-refractivity contribution is 0.585. The third-order valence-corrected chi connectivity index (χ3v) is 2.85. The fourth-order valence-electron chi connectivity index (χ4n) is 1.49. The predicted octanol–water partition coefficient (Wildman–Crippen LogP) is 2.43. The van der Waals surface area contributed by atoms with Crippen LogP contribution >= 0.6 is 12.2 Å². The van der Waals surface area contributed by atoms with Gasteiger partial charge >= 0.3 is 0 Å². The van der Waals surface area contributed by atoms with Gasteiger partial charge in [0.25, 0.3) is 0 Å². The summed E-state index contributed by atoms with van der Waals surface area (Å²) in [4.78, 5) is 0. The van der Waals surface area contributed by atoms with Crippen LogP contribution < -0.4 is 0 Å². The Bertz CT molecular complexity index is 580. The SMILES string of the molecule is Cn1nc(-c2c(F)cccc2F)n(C)c1=S. The van der Waals surface area contributed by atoms with Gasteiger partial charge < -0.3 is 4.57 Å². The fraction of sp³-hybridized carbons (Fsp3) is 0.200. The molecule has 2 aromatic rings. The van der Waals surface area contributed by atoms with Crippen molar-refractivity contribution >= 4 is 12.2 Å². The third-order valence-electron chi connectivity index (χ3n) is 2.31. The topological polar surface area (TPSA) is 22.8 Å². The lowest BCUT2D eigenvalue weighted by atomic mass is 10.2. The Labute approximate surface area is 95.9 Å². The number of benzene rings is 1. The first kappa shape index (κ1) is 10.9. The van der Waals surface area contributed by atoms with E-state index in [2.05, 4.69) is 5.10 Å². The molecule has 6 heteroatoms. The zero-order valence-electron chi connectivity index (χ0n) is 8.74. The zero-order valence-corrected chi connectivity index (χ0v) is 9.55. The zero-order chi connectivity index (χ0) is 11.9. The smallest absolute Gasteiger partial charge is 0.197 e. The Morgan fingerprint density at radius 2 is 1.75 bits per heavy atom. The van der Waals surface area contributed by atoms with E-state index < -0.39 is 11.6 Å². The molecule has 0 amide bonds. The average molecular weight is 241 g/mol. The molecule has 0 unspecified atom stereocenters. The lowest BCUT2D eigenvalue weighted by Crippen LogP contribution is -1.97. The fourth-order valence-corrected chi connectivity index (χ4v) is 1.62. The molecule has 1 heterocycles. The molecular formula is C10H9F2N3S. The molecular weight excluding hydrogens is 232 g/mol. The van der Waals surface area contributed by atoms with Crippen LogP contribution in [0.4, 0.5) is 8.78 Å². The Kier molecular flexibility index (Phi) is 2.59. The molecule has 0 aliphatic heterocycles. The second-order valence-electron chi connectivity index (χ2n) is 3.39. The maximum Gasteiger partial charge on any atom is 0.197 e. The molecule has 0 atom stereocenters. The first-order chi connectivity index (χ1) is 7.52. The van der Waals surface area contributed by atoms with Crippen LogP contribution in [0, 0.1) is 16.4 Å². The van der Waals surface area contributed by atoms with Crippen molar-refractivity contribution in [3.8, 4) is 11.4 Å². The molecule has 0 bridgehead atoms. The summed E-state index contributed by atoms with van der Waals surface area (Å²) in [5.74, 6) is -1.12. The van der Waals surface area contributed by atoms with Gasteiger partial charge in [-0.05, 0) is 24.4 Å². The van der Waals surface area contributed by atoms with Gasteiger partial charge in [-0.3, -0.25) is 0 Å². The number of aromatic nitrogens is 3. The summed E-state index contributed by atoms with van der Waals surface area (Å²) >= 11 is 5.02. The summed E-state index contributed by atoms with van der Waals surface area (Å²) in [7, 11) is 3.25. The first-order valence-corrected chi connectivity index (χ1v) is 4.97. The van der Waals surface area contributed by atoms with E-state index in [4.69, 9.17) is 12.2 Å². The number of aryl methyl sites for hydroxylation is 1. The van der Waals surface area contributed by atoms with Crippen LogP contribution in [-0.4, -0.2) is 14.3 Å². The van der Waals surface area contributed by atoms with Crippen molar-refractivity contribution in [1.29, 1.82) is 0 Å². The van der Waals surface area contributed by atoms with E-state index in [-0.39, 0.29) is 11.4 Å². The summed E-state index contributed by atoms with van der Waals surface area (Å²) in [5, 5.41) is 4.00. The van der Waals surface area contributed by atoms with Gasteiger partial charge in [-0.1, -0.05) is 6.07 Å². The quantitative estimate of drug-likeness (QED) is 0.716. The molecule has 2 rings (SSSR count). The average Bonchev–Trinajstić information content (AvgIpc) is 2.47. The van der Waals surface area contributed by atoms with E-state index in [0.717, 1.165) is 0 Å². The Hall–Kier alpha value is -1.56. The van der Waals surface area contributed by atoms with E-state index in [1.54, 1.807) is 14.1 Å². The number of nitrogens with zero attached hydrogens (tertiary/aromatic N) is 3. The van der Waals surface area contributed by atoms with E-state index >= 15 is 0 Å². The van der Waals surface area contributed by atoms with E-state index in [1.807, 2.05) is 0 Å². The van der Waals surface area contributed by atoms with Crippen LogP contribution in [0.2, 0.25) is 0 Å². The van der Waals surface area contributed by atoms with Crippen molar-refractivity contribution in [2.45, 2.75) is 0 Å². The lowest BCUT2D eigenvalue weighted by Gasteiger charge is -2.03. The van der Waals surface area contributed by atoms with Crippen molar-refractivity contribution < 1.29 is 8.78 Å². The number of rotatable bonds is 1. The summed E-state index contributed by atoms with van der Waals surface area (Å²) in [6, 6.07) is 3.69. The molecule has 3 nitrogen and oxygen atoms in total. The molecule has 0 N–H and O–H groups in total. The van der Waals surface area contributed by atoms with Crippen molar-refractivity contribution in [1.82, 2.24) is 14.3 Å². The van der Waals surface area contributed by atoms with Crippen LogP contribution in [0.25, 0.3) is 11.4 Å². The largest absolute Gasteiger partial charge is 0.303 e. The molecule has 84 valence electrons. The minimum atomic E-state index is -0.649. The van der Waals surface area contributed by atoms with Crippen molar-refractivity contribution in [2.75, 3.05) is 0 Å². The Balaban J connectivity index is 2.77. The van der Waals surface area contributed by atoms with E-state index in [9.17, 15) is 8.78 Å². The minimum absolute atomic E-state index is 0.156. The summed E-state index contributed by atoms with van der Waals surface area (Å²) in [6.45, 7) is 0. The van der Waals surface area contributed by atoms with Crippen LogP contribution in [0.3, 0.4) is 0 Å². The number of hydrogen-bond acceptors (Lipinski definition) is 2. The van der Waals surface area contributed by atoms with Gasteiger partial charge in [0.2, 0.25) is 0 Å². The second kappa shape index (κ2) is 3.79. The third kappa shape index (κ3) is 1.55. The second-order valence-corrected chi connectivity index (χ2v) is 3.75. The van der Waals surface area contributed by atoms with Gasteiger partial charge in [0, 0.05) is 14.1 Å². The predicted molar refractivity (Wildman–Crippen MR) is 58.4 cm³/mol. The summed E-state index contributed by atoms with van der Waals surface area (Å²) < 4.78 is 30.3. The van der Waals surface area contributed by atoms with Gasteiger partial charge in [-0.2, -0.15) is 5.10 Å². The minimum Gasteiger partial charge on any atom is -0.303 e. The molecule has 0 saturated heterocycles. The maximum atomic E-state index is 13.5. The first-order valence-electron chi connectivity index (χ1n) is 4.56. The number of halogens is 2. The maximum absolute atomic E-state index is 13.5. The Morgan fingerprint density at radius 1 is 1.19 bits per heavy atom. The molecule has 0 saturated carbocycles. The molecule has 0 aliphatic carbocycles. The van der Waals surface area contributed by atoms with Crippen LogP contribution in [-0.2, 0) is 14.1 Å². The van der Waals surface area contributed by atoms with Gasteiger partial charge in [-0.15, -0.1) is 0 Å². The van der Waals surface area contributed by atoms with Crippen molar-refractivity contribution in [3.63, 3.8) is 0 Å². The van der Waals surface area contributed by atoms with E-state index in [1.165, 1.54) is 27.4 Å². The highest BCUT2D eigenvalue weighted by Crippen LogP contribution is 2.23. The van der Waals surface area contributed by atoms with Gasteiger partial charge in [0.15, 0.2) is 10.6 Å². The molecule has 16 heavy (non-hydrogen) atoms. The highest BCUT2D eigenvalue weighted by atomic mass is 32.1. The molecule has 0 fully saturated rings. The standard InChI is InChI=1S/C10H9F2N3S/c1-14-9(13-15(2)10(14)16)8-6(11)4-3-5-7(8)12/h3-5H,1-2H3. The molecule has 1 aromatic carbocycles. The van der Waals surface area contributed by atoms with Crippen molar-refractivity contribution in [3.05, 3.63) is 34.6 Å². The van der Waals surface area contributed by atoms with Gasteiger partial charge in [0.1, 0.15) is 11.6 Å². The molecule has 0 spiro atoms. The Morgan fingerprint density at radius 3 is 2.19 bits per heavy atom. The van der Waals surface area contributed by atoms with Gasteiger partial charge in [-0.25, -0.2) is 13.5 Å². The normalized spacial score (nSPS) is 10.8. The monoisotopic (exact) mass is 241 g/mol. The molecule has 0 radical (unpaired) electrons. The van der Waals surface area contributed by atoms with Gasteiger partial charge in [0.05, 0.1) is 5.56 Å². The summed E-state index contributed by atoms with van der Waals surface area (Å²) in [6.07, 6.45) is 0. The number of hydrogen-bond donors (Lipinski definition) is 0. The van der Waals surface area contributed by atoms with Crippen LogP contribution in [0.1, 0.15) is 0 Å². The highest BCUT2D eigenvalue weighted by molar-refractivity contribution is 7.71. The molecule has 0 aliphatic rings. The van der Waals surface area contributed by atoms with Crippen molar-refractivity contribution in [2.24, 2.45) is 14.1 Å². The van der Waals surface area contributed by atoms with E-state index in [0.29, 0.717) is 4.77 Å².